The third-order valence-electron chi connectivity index (χ3n) is 1.75. The number of methoxy groups -OCH3 is 1. The molecule has 0 unspecified atom stereocenters. The molecule has 0 radical (unpaired) electrons. The van der Waals surface area contributed by atoms with E-state index in [0.29, 0.717) is 0 Å². The maximum absolute atomic E-state index is 12.1. The lowest BCUT2D eigenvalue weighted by Gasteiger charge is -2.10. The van der Waals surface area contributed by atoms with Crippen molar-refractivity contribution in [2.75, 3.05) is 7.11 Å². The minimum Gasteiger partial charge on any atom is -0.460 e. The highest BCUT2D eigenvalue weighted by Gasteiger charge is 2.35. The molecule has 0 spiro atoms. The van der Waals surface area contributed by atoms with Crippen LogP contribution in [-0.2, 0) is 5.33 Å². The molecule has 0 saturated heterocycles. The summed E-state index contributed by atoms with van der Waals surface area (Å²) in [7, 11) is 1.03. The summed E-state index contributed by atoms with van der Waals surface area (Å²) in [5.74, 6) is -1.94. The van der Waals surface area contributed by atoms with E-state index >= 15 is 0 Å². The maximum atomic E-state index is 12.1. The van der Waals surface area contributed by atoms with Crippen LogP contribution < -0.4 is 9.47 Å². The Morgan fingerprint density at radius 1 is 1.56 bits per heavy atom. The van der Waals surface area contributed by atoms with E-state index in [0.717, 1.165) is 13.2 Å². The molecule has 10 heteroatoms. The quantitative estimate of drug-likeness (QED) is 0.482. The Morgan fingerprint density at radius 3 is 2.56 bits per heavy atom. The third kappa shape index (κ3) is 3.45. The smallest absolute Gasteiger partial charge is 0.460 e. The predicted octanol–water partition coefficient (Wildman–Crippen LogP) is 2.79. The number of hydrogen-bond donors (Lipinski definition) is 0. The van der Waals surface area contributed by atoms with E-state index in [1.807, 2.05) is 0 Å². The van der Waals surface area contributed by atoms with E-state index in [1.54, 1.807) is 0 Å². The maximum Gasteiger partial charge on any atom is 0.573 e. The molecule has 1 heterocycles. The summed E-state index contributed by atoms with van der Waals surface area (Å²) >= 11 is 2.91. The zero-order valence-corrected chi connectivity index (χ0v) is 10.4. The lowest BCUT2D eigenvalue weighted by atomic mass is 10.3. The average Bonchev–Trinajstić information content (AvgIpc) is 2.25. The number of halogens is 4. The first kappa shape index (κ1) is 14.5. The van der Waals surface area contributed by atoms with Crippen LogP contribution in [0.15, 0.2) is 6.07 Å². The van der Waals surface area contributed by atoms with Crippen molar-refractivity contribution in [2.45, 2.75) is 11.7 Å². The molecule has 6 nitrogen and oxygen atoms in total. The molecule has 100 valence electrons. The molecule has 18 heavy (non-hydrogen) atoms. The van der Waals surface area contributed by atoms with Crippen LogP contribution in [0.3, 0.4) is 0 Å². The molecule has 0 amide bonds. The number of aromatic nitrogens is 1. The fraction of sp³-hybridized carbons (Fsp3) is 0.375. The number of pyridine rings is 1. The topological polar surface area (TPSA) is 74.5 Å². The van der Waals surface area contributed by atoms with Gasteiger partial charge in [-0.2, -0.15) is 0 Å². The Bertz CT molecular complexity index is 466. The summed E-state index contributed by atoms with van der Waals surface area (Å²) < 4.78 is 44.5. The molecular weight excluding hydrogens is 325 g/mol. The number of ether oxygens (including phenoxy) is 2. The lowest BCUT2D eigenvalue weighted by Crippen LogP contribution is -2.18. The average molecular weight is 331 g/mol. The van der Waals surface area contributed by atoms with Crippen molar-refractivity contribution >= 4 is 21.7 Å². The largest absolute Gasteiger partial charge is 0.573 e. The van der Waals surface area contributed by atoms with Gasteiger partial charge in [-0.05, 0) is 4.92 Å². The van der Waals surface area contributed by atoms with Gasteiger partial charge in [0, 0.05) is 16.4 Å². The second-order valence-electron chi connectivity index (χ2n) is 2.92. The lowest BCUT2D eigenvalue weighted by molar-refractivity contribution is -0.390. The van der Waals surface area contributed by atoms with Gasteiger partial charge in [0.25, 0.3) is 0 Å². The highest BCUT2D eigenvalue weighted by atomic mass is 79.9. The van der Waals surface area contributed by atoms with Crippen molar-refractivity contribution < 1.29 is 27.6 Å². The fourth-order valence-corrected chi connectivity index (χ4v) is 1.52. The first-order chi connectivity index (χ1) is 8.28. The third-order valence-corrected chi connectivity index (χ3v) is 2.35. The van der Waals surface area contributed by atoms with Crippen LogP contribution in [0.5, 0.6) is 11.6 Å². The Balaban J connectivity index is 3.30. The minimum absolute atomic E-state index is 0.0471. The molecule has 0 aliphatic heterocycles. The molecule has 0 bridgehead atoms. The van der Waals surface area contributed by atoms with Crippen molar-refractivity contribution in [3.8, 4) is 11.6 Å². The minimum atomic E-state index is -4.94. The number of alkyl halides is 4. The Labute approximate surface area is 107 Å². The molecule has 1 rings (SSSR count). The van der Waals surface area contributed by atoms with Gasteiger partial charge in [0.1, 0.15) is 0 Å². The van der Waals surface area contributed by atoms with Gasteiger partial charge < -0.3 is 19.6 Å². The molecule has 1 aromatic rings. The standard InChI is InChI=1S/C8H6BrF3N2O4/c1-17-7-5(18-8(10,11)12)2-4(3-9)6(13-7)14(15)16/h2H,3H2,1H3. The van der Waals surface area contributed by atoms with E-state index in [2.05, 4.69) is 30.4 Å². The first-order valence-corrected chi connectivity index (χ1v) is 5.44. The highest BCUT2D eigenvalue weighted by molar-refractivity contribution is 9.08. The molecule has 0 aliphatic carbocycles. The zero-order chi connectivity index (χ0) is 13.9. The number of nitro groups is 1. The van der Waals surface area contributed by atoms with Gasteiger partial charge in [-0.3, -0.25) is 0 Å². The molecule has 0 fully saturated rings. The van der Waals surface area contributed by atoms with Crippen molar-refractivity contribution in [2.24, 2.45) is 0 Å². The van der Waals surface area contributed by atoms with E-state index in [9.17, 15) is 23.3 Å². The van der Waals surface area contributed by atoms with E-state index in [4.69, 9.17) is 0 Å². The molecular formula is C8H6BrF3N2O4. The zero-order valence-electron chi connectivity index (χ0n) is 8.82. The van der Waals surface area contributed by atoms with Crippen molar-refractivity contribution in [3.63, 3.8) is 0 Å². The summed E-state index contributed by atoms with van der Waals surface area (Å²) in [6.45, 7) is 0. The van der Waals surface area contributed by atoms with E-state index in [1.165, 1.54) is 0 Å². The van der Waals surface area contributed by atoms with Crippen LogP contribution >= 0.6 is 15.9 Å². The molecule has 0 saturated carbocycles. The molecule has 0 N–H and O–H groups in total. The number of rotatable bonds is 4. The van der Waals surface area contributed by atoms with Gasteiger partial charge in [0.15, 0.2) is 0 Å². The van der Waals surface area contributed by atoms with Crippen molar-refractivity contribution in [1.29, 1.82) is 0 Å². The van der Waals surface area contributed by atoms with Gasteiger partial charge in [-0.1, -0.05) is 15.9 Å². The predicted molar refractivity (Wildman–Crippen MR) is 56.8 cm³/mol. The number of hydrogen-bond acceptors (Lipinski definition) is 5. The SMILES string of the molecule is COc1nc([N+](=O)[O-])c(CBr)cc1OC(F)(F)F. The highest BCUT2D eigenvalue weighted by Crippen LogP contribution is 2.35. The van der Waals surface area contributed by atoms with Crippen LogP contribution in [0.2, 0.25) is 0 Å². The van der Waals surface area contributed by atoms with Crippen LogP contribution in [-0.4, -0.2) is 23.4 Å². The summed E-state index contributed by atoms with van der Waals surface area (Å²) in [4.78, 5) is 13.2. The Morgan fingerprint density at radius 2 is 2.17 bits per heavy atom. The monoisotopic (exact) mass is 330 g/mol. The molecule has 0 atom stereocenters. The van der Waals surface area contributed by atoms with Crippen LogP contribution in [0.25, 0.3) is 0 Å². The van der Waals surface area contributed by atoms with Gasteiger partial charge in [0.05, 0.1) is 12.7 Å². The van der Waals surface area contributed by atoms with Gasteiger partial charge >= 0.3 is 18.1 Å². The normalized spacial score (nSPS) is 11.2. The number of nitrogens with zero attached hydrogens (tertiary/aromatic N) is 2. The summed E-state index contributed by atoms with van der Waals surface area (Å²) in [6, 6.07) is 0.853. The summed E-state index contributed by atoms with van der Waals surface area (Å²) in [5.41, 5.74) is -0.0555. The van der Waals surface area contributed by atoms with Crippen molar-refractivity contribution in [3.05, 3.63) is 21.7 Å². The second-order valence-corrected chi connectivity index (χ2v) is 3.48. The first-order valence-electron chi connectivity index (χ1n) is 4.32. The molecule has 0 aromatic carbocycles. The van der Waals surface area contributed by atoms with Crippen LogP contribution in [0.4, 0.5) is 19.0 Å². The van der Waals surface area contributed by atoms with E-state index < -0.39 is 28.7 Å². The Hall–Kier alpha value is -1.58. The van der Waals surface area contributed by atoms with E-state index in [-0.39, 0.29) is 10.9 Å². The van der Waals surface area contributed by atoms with Crippen LogP contribution in [0, 0.1) is 10.1 Å². The second kappa shape index (κ2) is 5.38. The molecule has 0 aliphatic rings. The summed E-state index contributed by atoms with van der Waals surface area (Å²) in [5, 5.41) is 10.6. The van der Waals surface area contributed by atoms with Crippen molar-refractivity contribution in [1.82, 2.24) is 4.98 Å². The Kier molecular flexibility index (Phi) is 4.33. The van der Waals surface area contributed by atoms with Gasteiger partial charge in [-0.15, -0.1) is 13.2 Å². The van der Waals surface area contributed by atoms with Crippen LogP contribution in [0.1, 0.15) is 5.56 Å². The molecule has 1 aromatic heterocycles. The summed E-state index contributed by atoms with van der Waals surface area (Å²) in [6.07, 6.45) is -4.94. The fourth-order valence-electron chi connectivity index (χ4n) is 1.11. The van der Waals surface area contributed by atoms with Gasteiger partial charge in [0.2, 0.25) is 5.75 Å². The van der Waals surface area contributed by atoms with Gasteiger partial charge in [-0.25, -0.2) is 0 Å².